The standard InChI is InChI=1S/C22H20N4O/c1-2-17-8-13-27-22(17)20(3-1)21-14-18(15-24-25-21)16-4-6-19(7-5-16)26-11-9-23-10-12-26/h1-8,13-15,23H,9-12H2. The number of benzene rings is 2. The summed E-state index contributed by atoms with van der Waals surface area (Å²) in [5, 5.41) is 13.0. The lowest BCUT2D eigenvalue weighted by Gasteiger charge is -2.29. The van der Waals surface area contributed by atoms with Crippen molar-refractivity contribution in [3.63, 3.8) is 0 Å². The molecule has 3 heterocycles. The maximum Gasteiger partial charge on any atom is 0.143 e. The van der Waals surface area contributed by atoms with Crippen molar-refractivity contribution in [2.45, 2.75) is 0 Å². The van der Waals surface area contributed by atoms with Crippen LogP contribution in [0.4, 0.5) is 5.69 Å². The number of aromatic nitrogens is 2. The molecule has 1 aliphatic rings. The first-order valence-corrected chi connectivity index (χ1v) is 9.24. The summed E-state index contributed by atoms with van der Waals surface area (Å²) in [5.41, 5.74) is 6.08. The zero-order chi connectivity index (χ0) is 18.1. The fourth-order valence-electron chi connectivity index (χ4n) is 3.64. The maximum absolute atomic E-state index is 5.65. The summed E-state index contributed by atoms with van der Waals surface area (Å²) in [6, 6.07) is 18.8. The number of rotatable bonds is 3. The Balaban J connectivity index is 1.48. The average Bonchev–Trinajstić information content (AvgIpc) is 3.24. The molecule has 1 fully saturated rings. The number of piperazine rings is 1. The van der Waals surface area contributed by atoms with Gasteiger partial charge < -0.3 is 14.6 Å². The zero-order valence-electron chi connectivity index (χ0n) is 14.9. The minimum absolute atomic E-state index is 0.819. The summed E-state index contributed by atoms with van der Waals surface area (Å²) in [6.07, 6.45) is 3.52. The Labute approximate surface area is 157 Å². The van der Waals surface area contributed by atoms with Gasteiger partial charge in [-0.1, -0.05) is 24.3 Å². The third-order valence-corrected chi connectivity index (χ3v) is 5.09. The van der Waals surface area contributed by atoms with Crippen LogP contribution in [0.1, 0.15) is 0 Å². The molecule has 0 aliphatic carbocycles. The van der Waals surface area contributed by atoms with Crippen molar-refractivity contribution >= 4 is 16.7 Å². The number of fused-ring (bicyclic) bond motifs is 1. The summed E-state index contributed by atoms with van der Waals surface area (Å²) in [4.78, 5) is 2.41. The van der Waals surface area contributed by atoms with Gasteiger partial charge in [0.25, 0.3) is 0 Å². The Morgan fingerprint density at radius 1 is 0.926 bits per heavy atom. The molecule has 5 rings (SSSR count). The molecule has 1 aliphatic heterocycles. The number of para-hydroxylation sites is 1. The quantitative estimate of drug-likeness (QED) is 0.602. The van der Waals surface area contributed by atoms with Crippen LogP contribution in [0.3, 0.4) is 0 Å². The molecule has 0 amide bonds. The van der Waals surface area contributed by atoms with Crippen LogP contribution in [0.25, 0.3) is 33.4 Å². The summed E-state index contributed by atoms with van der Waals surface area (Å²) >= 11 is 0. The second-order valence-corrected chi connectivity index (χ2v) is 6.76. The smallest absolute Gasteiger partial charge is 0.143 e. The first-order chi connectivity index (χ1) is 13.4. The number of nitrogens with one attached hydrogen (secondary N) is 1. The molecule has 5 heteroatoms. The molecule has 1 saturated heterocycles. The van der Waals surface area contributed by atoms with Crippen molar-refractivity contribution < 1.29 is 4.42 Å². The van der Waals surface area contributed by atoms with Gasteiger partial charge in [0.1, 0.15) is 5.58 Å². The number of hydrogen-bond acceptors (Lipinski definition) is 5. The minimum Gasteiger partial charge on any atom is -0.464 e. The fourth-order valence-corrected chi connectivity index (χ4v) is 3.64. The van der Waals surface area contributed by atoms with Crippen LogP contribution in [0.2, 0.25) is 0 Å². The number of hydrogen-bond donors (Lipinski definition) is 1. The third kappa shape index (κ3) is 3.06. The molecule has 5 nitrogen and oxygen atoms in total. The van der Waals surface area contributed by atoms with Gasteiger partial charge in [0, 0.05) is 48.4 Å². The van der Waals surface area contributed by atoms with Crippen molar-refractivity contribution in [3.05, 3.63) is 67.1 Å². The van der Waals surface area contributed by atoms with E-state index in [1.54, 1.807) is 6.26 Å². The molecule has 0 unspecified atom stereocenters. The molecule has 2 aromatic heterocycles. The number of anilines is 1. The van der Waals surface area contributed by atoms with Crippen LogP contribution >= 0.6 is 0 Å². The molecule has 0 atom stereocenters. The Kier molecular flexibility index (Phi) is 4.07. The Hall–Kier alpha value is -3.18. The van der Waals surface area contributed by atoms with Gasteiger partial charge in [-0.15, -0.1) is 0 Å². The molecular formula is C22H20N4O. The fraction of sp³-hybridized carbons (Fsp3) is 0.182. The Morgan fingerprint density at radius 3 is 2.63 bits per heavy atom. The highest BCUT2D eigenvalue weighted by Gasteiger charge is 2.12. The van der Waals surface area contributed by atoms with Crippen LogP contribution in [0, 0.1) is 0 Å². The predicted octanol–water partition coefficient (Wildman–Crippen LogP) is 3.97. The van der Waals surface area contributed by atoms with Crippen LogP contribution < -0.4 is 10.2 Å². The van der Waals surface area contributed by atoms with E-state index in [-0.39, 0.29) is 0 Å². The van der Waals surface area contributed by atoms with Gasteiger partial charge >= 0.3 is 0 Å². The average molecular weight is 356 g/mol. The van der Waals surface area contributed by atoms with Crippen molar-refractivity contribution in [2.24, 2.45) is 0 Å². The summed E-state index contributed by atoms with van der Waals surface area (Å²) < 4.78 is 5.65. The molecule has 2 aromatic carbocycles. The molecule has 0 spiro atoms. The predicted molar refractivity (Wildman–Crippen MR) is 108 cm³/mol. The monoisotopic (exact) mass is 356 g/mol. The molecule has 0 saturated carbocycles. The van der Waals surface area contributed by atoms with E-state index in [1.807, 2.05) is 30.5 Å². The molecule has 4 aromatic rings. The second-order valence-electron chi connectivity index (χ2n) is 6.76. The van der Waals surface area contributed by atoms with Gasteiger partial charge in [-0.05, 0) is 35.9 Å². The van der Waals surface area contributed by atoms with Gasteiger partial charge in [0.15, 0.2) is 0 Å². The lowest BCUT2D eigenvalue weighted by molar-refractivity contribution is 0.589. The lowest BCUT2D eigenvalue weighted by atomic mass is 10.0. The summed E-state index contributed by atoms with van der Waals surface area (Å²) in [5.74, 6) is 0. The first kappa shape index (κ1) is 16.0. The number of nitrogens with zero attached hydrogens (tertiary/aromatic N) is 3. The topological polar surface area (TPSA) is 54.2 Å². The lowest BCUT2D eigenvalue weighted by Crippen LogP contribution is -2.43. The highest BCUT2D eigenvalue weighted by atomic mass is 16.3. The van der Waals surface area contributed by atoms with E-state index >= 15 is 0 Å². The second kappa shape index (κ2) is 6.85. The molecule has 0 bridgehead atoms. The minimum atomic E-state index is 0.819. The first-order valence-electron chi connectivity index (χ1n) is 9.24. The molecular weight excluding hydrogens is 336 g/mol. The zero-order valence-corrected chi connectivity index (χ0v) is 14.9. The van der Waals surface area contributed by atoms with E-state index in [1.165, 1.54) is 5.69 Å². The van der Waals surface area contributed by atoms with Crippen molar-refractivity contribution in [3.8, 4) is 22.4 Å². The van der Waals surface area contributed by atoms with Crippen LogP contribution in [0.15, 0.2) is 71.5 Å². The van der Waals surface area contributed by atoms with E-state index in [0.717, 1.165) is 59.5 Å². The molecule has 0 radical (unpaired) electrons. The van der Waals surface area contributed by atoms with E-state index in [4.69, 9.17) is 4.42 Å². The summed E-state index contributed by atoms with van der Waals surface area (Å²) in [6.45, 7) is 4.18. The SMILES string of the molecule is c1cc(-c2cc(-c3ccc(N4CCNCC4)cc3)cnn2)c2occc2c1. The van der Waals surface area contributed by atoms with E-state index in [2.05, 4.69) is 50.7 Å². The van der Waals surface area contributed by atoms with Gasteiger partial charge in [0.05, 0.1) is 18.2 Å². The third-order valence-electron chi connectivity index (χ3n) is 5.09. The van der Waals surface area contributed by atoms with Crippen molar-refractivity contribution in [1.29, 1.82) is 0 Å². The van der Waals surface area contributed by atoms with Gasteiger partial charge in [-0.2, -0.15) is 10.2 Å². The van der Waals surface area contributed by atoms with Crippen molar-refractivity contribution in [1.82, 2.24) is 15.5 Å². The molecule has 1 N–H and O–H groups in total. The molecule has 134 valence electrons. The van der Waals surface area contributed by atoms with Crippen LogP contribution in [-0.4, -0.2) is 36.4 Å². The number of furan rings is 1. The van der Waals surface area contributed by atoms with Gasteiger partial charge in [-0.3, -0.25) is 0 Å². The van der Waals surface area contributed by atoms with Gasteiger partial charge in [0.2, 0.25) is 0 Å². The maximum atomic E-state index is 5.65. The summed E-state index contributed by atoms with van der Waals surface area (Å²) in [7, 11) is 0. The van der Waals surface area contributed by atoms with Crippen molar-refractivity contribution in [2.75, 3.05) is 31.1 Å². The normalized spacial score (nSPS) is 14.6. The largest absolute Gasteiger partial charge is 0.464 e. The van der Waals surface area contributed by atoms with E-state index in [9.17, 15) is 0 Å². The highest BCUT2D eigenvalue weighted by molar-refractivity contribution is 5.91. The van der Waals surface area contributed by atoms with Crippen LogP contribution in [-0.2, 0) is 0 Å². The van der Waals surface area contributed by atoms with E-state index in [0.29, 0.717) is 0 Å². The van der Waals surface area contributed by atoms with E-state index < -0.39 is 0 Å². The molecule has 27 heavy (non-hydrogen) atoms. The Bertz CT molecular complexity index is 1070. The van der Waals surface area contributed by atoms with Gasteiger partial charge in [-0.25, -0.2) is 0 Å². The highest BCUT2D eigenvalue weighted by Crippen LogP contribution is 2.30. The Morgan fingerprint density at radius 2 is 1.78 bits per heavy atom. The van der Waals surface area contributed by atoms with Crippen LogP contribution in [0.5, 0.6) is 0 Å².